The molecule has 0 saturated heterocycles. The highest BCUT2D eigenvalue weighted by Gasteiger charge is 2.12. The third kappa shape index (κ3) is 2.90. The van der Waals surface area contributed by atoms with Crippen LogP contribution in [0.1, 0.15) is 12.1 Å². The van der Waals surface area contributed by atoms with Gasteiger partial charge in [-0.3, -0.25) is 4.79 Å². The second-order valence-electron chi connectivity index (χ2n) is 4.39. The fourth-order valence-electron chi connectivity index (χ4n) is 1.95. The number of aryl methyl sites for hydroxylation is 1. The van der Waals surface area contributed by atoms with E-state index in [2.05, 4.69) is 10.3 Å². The van der Waals surface area contributed by atoms with Gasteiger partial charge in [0.05, 0.1) is 5.69 Å². The first kappa shape index (κ1) is 12.5. The first-order chi connectivity index (χ1) is 9.81. The molecule has 0 radical (unpaired) electrons. The first-order valence-electron chi connectivity index (χ1n) is 6.38. The molecule has 1 aromatic carbocycles. The second kappa shape index (κ2) is 5.64. The maximum atomic E-state index is 11.8. The number of ether oxygens (including phenoxy) is 2. The summed E-state index contributed by atoms with van der Waals surface area (Å²) in [7, 11) is 0. The van der Waals surface area contributed by atoms with Crippen molar-refractivity contribution in [3.8, 4) is 11.5 Å². The van der Waals surface area contributed by atoms with E-state index < -0.39 is 0 Å². The minimum Gasteiger partial charge on any atom is -0.486 e. The lowest BCUT2D eigenvalue weighted by Gasteiger charge is -2.18. The largest absolute Gasteiger partial charge is 0.486 e. The Morgan fingerprint density at radius 1 is 1.25 bits per heavy atom. The Morgan fingerprint density at radius 3 is 2.90 bits per heavy atom. The van der Waals surface area contributed by atoms with E-state index in [0.29, 0.717) is 43.2 Å². The maximum Gasteiger partial charge on any atom is 0.224 e. The van der Waals surface area contributed by atoms with Gasteiger partial charge < -0.3 is 19.2 Å². The number of fused-ring (bicyclic) bond motifs is 1. The van der Waals surface area contributed by atoms with Crippen LogP contribution in [0.4, 0.5) is 5.69 Å². The van der Waals surface area contributed by atoms with Crippen molar-refractivity contribution in [2.24, 2.45) is 0 Å². The number of anilines is 1. The van der Waals surface area contributed by atoms with E-state index in [4.69, 9.17) is 13.9 Å². The quantitative estimate of drug-likeness (QED) is 0.923. The number of oxazole rings is 1. The average Bonchev–Trinajstić information content (AvgIpc) is 2.98. The smallest absolute Gasteiger partial charge is 0.224 e. The highest BCUT2D eigenvalue weighted by molar-refractivity contribution is 5.91. The van der Waals surface area contributed by atoms with Crippen LogP contribution in [0.5, 0.6) is 11.5 Å². The van der Waals surface area contributed by atoms with Gasteiger partial charge in [-0.25, -0.2) is 4.98 Å². The van der Waals surface area contributed by atoms with Gasteiger partial charge in [0.25, 0.3) is 0 Å². The minimum absolute atomic E-state index is 0.0790. The molecule has 1 N–H and O–H groups in total. The number of nitrogens with zero attached hydrogens (tertiary/aromatic N) is 1. The summed E-state index contributed by atoms with van der Waals surface area (Å²) >= 11 is 0. The number of nitrogens with one attached hydrogen (secondary N) is 1. The predicted octanol–water partition coefficient (Wildman–Crippen LogP) is 2.02. The number of carbonyl (C=O) groups excluding carboxylic acids is 1. The monoisotopic (exact) mass is 274 g/mol. The van der Waals surface area contributed by atoms with E-state index in [1.165, 1.54) is 12.7 Å². The standard InChI is InChI=1S/C14H14N2O4/c17-14(4-2-11-8-18-9-15-11)16-10-1-3-12-13(7-10)20-6-5-19-12/h1,3,7-9H,2,4-6H2,(H,16,17). The Labute approximate surface area is 115 Å². The molecule has 3 rings (SSSR count). The van der Waals surface area contributed by atoms with Gasteiger partial charge in [-0.2, -0.15) is 0 Å². The Kier molecular flexibility index (Phi) is 3.54. The molecule has 1 amide bonds. The number of benzene rings is 1. The van der Waals surface area contributed by atoms with Gasteiger partial charge in [-0.1, -0.05) is 0 Å². The summed E-state index contributed by atoms with van der Waals surface area (Å²) < 4.78 is 15.7. The Hall–Kier alpha value is -2.50. The van der Waals surface area contributed by atoms with Gasteiger partial charge >= 0.3 is 0 Å². The van der Waals surface area contributed by atoms with E-state index in [1.54, 1.807) is 18.2 Å². The third-order valence-corrected chi connectivity index (χ3v) is 2.92. The highest BCUT2D eigenvalue weighted by atomic mass is 16.6. The van der Waals surface area contributed by atoms with E-state index in [-0.39, 0.29) is 5.91 Å². The molecule has 20 heavy (non-hydrogen) atoms. The van der Waals surface area contributed by atoms with Gasteiger partial charge in [0, 0.05) is 24.6 Å². The minimum atomic E-state index is -0.0790. The molecule has 104 valence electrons. The van der Waals surface area contributed by atoms with Crippen molar-refractivity contribution in [1.29, 1.82) is 0 Å². The number of carbonyl (C=O) groups is 1. The first-order valence-corrected chi connectivity index (χ1v) is 6.38. The van der Waals surface area contributed by atoms with Crippen LogP contribution >= 0.6 is 0 Å². The maximum absolute atomic E-state index is 11.8. The van der Waals surface area contributed by atoms with Crippen molar-refractivity contribution in [1.82, 2.24) is 4.98 Å². The number of hydrogen-bond acceptors (Lipinski definition) is 5. The number of amides is 1. The fraction of sp³-hybridized carbons (Fsp3) is 0.286. The summed E-state index contributed by atoms with van der Waals surface area (Å²) in [6.45, 7) is 1.08. The predicted molar refractivity (Wildman–Crippen MR) is 70.9 cm³/mol. The fourth-order valence-corrected chi connectivity index (χ4v) is 1.95. The molecule has 2 aromatic rings. The third-order valence-electron chi connectivity index (χ3n) is 2.92. The summed E-state index contributed by atoms with van der Waals surface area (Å²) in [5, 5.41) is 2.82. The zero-order chi connectivity index (χ0) is 13.8. The molecule has 0 unspecified atom stereocenters. The van der Waals surface area contributed by atoms with Crippen LogP contribution in [0.3, 0.4) is 0 Å². The van der Waals surface area contributed by atoms with E-state index >= 15 is 0 Å². The molecule has 0 atom stereocenters. The van der Waals surface area contributed by atoms with Crippen LogP contribution in [-0.4, -0.2) is 24.1 Å². The lowest BCUT2D eigenvalue weighted by molar-refractivity contribution is -0.116. The van der Waals surface area contributed by atoms with Crippen LogP contribution in [0.2, 0.25) is 0 Å². The molecule has 1 aliphatic rings. The summed E-state index contributed by atoms with van der Waals surface area (Å²) in [6, 6.07) is 5.35. The zero-order valence-corrected chi connectivity index (χ0v) is 10.8. The molecule has 0 fully saturated rings. The molecule has 6 heteroatoms. The van der Waals surface area contributed by atoms with E-state index in [0.717, 1.165) is 5.69 Å². The molecule has 1 aromatic heterocycles. The van der Waals surface area contributed by atoms with Gasteiger partial charge in [0.15, 0.2) is 17.9 Å². The highest BCUT2D eigenvalue weighted by Crippen LogP contribution is 2.32. The van der Waals surface area contributed by atoms with Crippen molar-refractivity contribution < 1.29 is 18.7 Å². The zero-order valence-electron chi connectivity index (χ0n) is 10.8. The summed E-state index contributed by atoms with van der Waals surface area (Å²) in [5.74, 6) is 1.28. The van der Waals surface area contributed by atoms with Crippen LogP contribution in [0.15, 0.2) is 35.3 Å². The number of hydrogen-bond donors (Lipinski definition) is 1. The van der Waals surface area contributed by atoms with E-state index in [1.807, 2.05) is 0 Å². The Bertz CT molecular complexity index is 595. The summed E-state index contributed by atoms with van der Waals surface area (Å²) in [6.07, 6.45) is 3.79. The molecule has 0 bridgehead atoms. The SMILES string of the molecule is O=C(CCc1cocn1)Nc1ccc2c(c1)OCCO2. The van der Waals surface area contributed by atoms with Crippen molar-refractivity contribution >= 4 is 11.6 Å². The van der Waals surface area contributed by atoms with Gasteiger partial charge in [-0.05, 0) is 12.1 Å². The molecule has 2 heterocycles. The van der Waals surface area contributed by atoms with Gasteiger partial charge in [0.2, 0.25) is 5.91 Å². The molecule has 0 spiro atoms. The van der Waals surface area contributed by atoms with Crippen LogP contribution in [0.25, 0.3) is 0 Å². The average molecular weight is 274 g/mol. The molecular weight excluding hydrogens is 260 g/mol. The summed E-state index contributed by atoms with van der Waals surface area (Å²) in [4.78, 5) is 15.8. The van der Waals surface area contributed by atoms with Crippen molar-refractivity contribution in [3.63, 3.8) is 0 Å². The van der Waals surface area contributed by atoms with Crippen LogP contribution < -0.4 is 14.8 Å². The topological polar surface area (TPSA) is 73.6 Å². The van der Waals surface area contributed by atoms with Crippen molar-refractivity contribution in [2.75, 3.05) is 18.5 Å². The molecule has 6 nitrogen and oxygen atoms in total. The van der Waals surface area contributed by atoms with Crippen molar-refractivity contribution in [3.05, 3.63) is 36.5 Å². The molecular formula is C14H14N2O4. The van der Waals surface area contributed by atoms with Gasteiger partial charge in [-0.15, -0.1) is 0 Å². The molecule has 0 saturated carbocycles. The van der Waals surface area contributed by atoms with Crippen LogP contribution in [-0.2, 0) is 11.2 Å². The Balaban J connectivity index is 1.58. The van der Waals surface area contributed by atoms with Gasteiger partial charge in [0.1, 0.15) is 19.5 Å². The molecule has 0 aliphatic carbocycles. The van der Waals surface area contributed by atoms with Crippen molar-refractivity contribution in [2.45, 2.75) is 12.8 Å². The molecule has 1 aliphatic heterocycles. The lowest BCUT2D eigenvalue weighted by atomic mass is 10.2. The normalized spacial score (nSPS) is 13.0. The van der Waals surface area contributed by atoms with E-state index in [9.17, 15) is 4.79 Å². The lowest BCUT2D eigenvalue weighted by Crippen LogP contribution is -2.16. The Morgan fingerprint density at radius 2 is 2.10 bits per heavy atom. The second-order valence-corrected chi connectivity index (χ2v) is 4.39. The summed E-state index contributed by atoms with van der Waals surface area (Å²) in [5.41, 5.74) is 1.46. The number of rotatable bonds is 4. The number of aromatic nitrogens is 1. The van der Waals surface area contributed by atoms with Crippen LogP contribution in [0, 0.1) is 0 Å².